The Morgan fingerprint density at radius 3 is 2.48 bits per heavy atom. The highest BCUT2D eigenvalue weighted by Gasteiger charge is 2.30. The van der Waals surface area contributed by atoms with Crippen LogP contribution in [0.2, 0.25) is 0 Å². The van der Waals surface area contributed by atoms with Crippen LogP contribution in [0.25, 0.3) is 10.1 Å². The van der Waals surface area contributed by atoms with Crippen LogP contribution in [0.3, 0.4) is 0 Å². The molecule has 0 aliphatic heterocycles. The van der Waals surface area contributed by atoms with Gasteiger partial charge in [-0.05, 0) is 30.3 Å². The number of benzene rings is 1. The third-order valence-electron chi connectivity index (χ3n) is 3.03. The van der Waals surface area contributed by atoms with E-state index in [0.29, 0.717) is 10.1 Å². The van der Waals surface area contributed by atoms with E-state index >= 15 is 0 Å². The minimum absolute atomic E-state index is 0.130. The molecule has 2 aromatic heterocycles. The number of aromatic carboxylic acids is 1. The van der Waals surface area contributed by atoms with Crippen molar-refractivity contribution in [3.05, 3.63) is 53.2 Å². The van der Waals surface area contributed by atoms with Crippen LogP contribution < -0.4 is 4.74 Å². The van der Waals surface area contributed by atoms with Gasteiger partial charge in [-0.1, -0.05) is 0 Å². The van der Waals surface area contributed by atoms with Gasteiger partial charge in [0.05, 0.1) is 16.5 Å². The first kappa shape index (κ1) is 15.3. The molecule has 3 aromatic rings. The molecule has 0 saturated carbocycles. The summed E-state index contributed by atoms with van der Waals surface area (Å²) in [5.41, 5.74) is -0.773. The van der Waals surface area contributed by atoms with E-state index in [4.69, 9.17) is 9.84 Å². The maximum atomic E-state index is 12.5. The minimum atomic E-state index is -4.41. The molecule has 4 nitrogen and oxygen atoms in total. The summed E-state index contributed by atoms with van der Waals surface area (Å²) in [6.07, 6.45) is -1.52. The highest BCUT2D eigenvalue weighted by molar-refractivity contribution is 7.20. The number of ether oxygens (including phenoxy) is 1. The summed E-state index contributed by atoms with van der Waals surface area (Å²) in [6, 6.07) is 5.68. The van der Waals surface area contributed by atoms with Crippen molar-refractivity contribution in [2.45, 2.75) is 6.18 Å². The van der Waals surface area contributed by atoms with Crippen molar-refractivity contribution in [2.75, 3.05) is 0 Å². The normalized spacial score (nSPS) is 11.6. The molecule has 0 aliphatic carbocycles. The predicted molar refractivity (Wildman–Crippen MR) is 78.1 cm³/mol. The van der Waals surface area contributed by atoms with Crippen LogP contribution in [-0.2, 0) is 6.18 Å². The lowest BCUT2D eigenvalue weighted by Gasteiger charge is -2.09. The average molecular weight is 339 g/mol. The van der Waals surface area contributed by atoms with Gasteiger partial charge in [0.15, 0.2) is 5.75 Å². The van der Waals surface area contributed by atoms with Crippen LogP contribution in [0.4, 0.5) is 13.2 Å². The fraction of sp³-hybridized carbons (Fsp3) is 0.0667. The van der Waals surface area contributed by atoms with Gasteiger partial charge in [0.2, 0.25) is 0 Å². The van der Waals surface area contributed by atoms with E-state index in [1.807, 2.05) is 0 Å². The lowest BCUT2D eigenvalue weighted by molar-refractivity contribution is -0.137. The highest BCUT2D eigenvalue weighted by Crippen LogP contribution is 2.35. The van der Waals surface area contributed by atoms with Crippen molar-refractivity contribution in [2.24, 2.45) is 0 Å². The molecule has 118 valence electrons. The van der Waals surface area contributed by atoms with Gasteiger partial charge in [-0.2, -0.15) is 13.2 Å². The Morgan fingerprint density at radius 1 is 1.17 bits per heavy atom. The molecule has 2 heterocycles. The second-order valence-electron chi connectivity index (χ2n) is 4.59. The monoisotopic (exact) mass is 339 g/mol. The number of aromatic nitrogens is 1. The molecule has 0 aliphatic rings. The van der Waals surface area contributed by atoms with Crippen LogP contribution in [0, 0.1) is 0 Å². The summed E-state index contributed by atoms with van der Waals surface area (Å²) in [4.78, 5) is 15.1. The van der Waals surface area contributed by atoms with E-state index in [2.05, 4.69) is 4.98 Å². The van der Waals surface area contributed by atoms with Crippen LogP contribution in [0.5, 0.6) is 11.5 Å². The molecule has 0 bridgehead atoms. The van der Waals surface area contributed by atoms with Gasteiger partial charge < -0.3 is 9.84 Å². The van der Waals surface area contributed by atoms with Crippen molar-refractivity contribution in [3.8, 4) is 11.5 Å². The summed E-state index contributed by atoms with van der Waals surface area (Å²) in [5.74, 6) is -0.576. The molecule has 0 atom stereocenters. The number of alkyl halides is 3. The molecule has 3 rings (SSSR count). The van der Waals surface area contributed by atoms with Crippen molar-refractivity contribution in [3.63, 3.8) is 0 Å². The molecule has 0 fully saturated rings. The first-order chi connectivity index (χ1) is 10.8. The quantitative estimate of drug-likeness (QED) is 0.744. The van der Waals surface area contributed by atoms with Gasteiger partial charge in [0, 0.05) is 11.6 Å². The number of hydrogen-bond acceptors (Lipinski definition) is 4. The summed E-state index contributed by atoms with van der Waals surface area (Å²) in [6.45, 7) is 0. The Labute approximate surface area is 131 Å². The molecule has 1 N–H and O–H groups in total. The maximum Gasteiger partial charge on any atom is 0.416 e. The molecular weight excluding hydrogens is 331 g/mol. The van der Waals surface area contributed by atoms with Gasteiger partial charge in [-0.3, -0.25) is 4.98 Å². The van der Waals surface area contributed by atoms with E-state index < -0.39 is 17.7 Å². The molecule has 0 unspecified atom stereocenters. The van der Waals surface area contributed by atoms with Gasteiger partial charge in [-0.25, -0.2) is 4.79 Å². The standard InChI is InChI=1S/C15H8F3NO3S/c16-15(17,18)8-1-3-9(4-2-8)22-11-6-19-7-13-10(11)5-12(23-13)14(20)21/h1-7H,(H,20,21). The van der Waals surface area contributed by atoms with Gasteiger partial charge in [0.1, 0.15) is 10.6 Å². The first-order valence-electron chi connectivity index (χ1n) is 6.30. The fourth-order valence-electron chi connectivity index (χ4n) is 1.96. The second kappa shape index (κ2) is 5.54. The molecule has 0 saturated heterocycles. The van der Waals surface area contributed by atoms with Gasteiger partial charge in [-0.15, -0.1) is 11.3 Å². The van der Waals surface area contributed by atoms with Crippen molar-refractivity contribution in [1.29, 1.82) is 0 Å². The molecule has 23 heavy (non-hydrogen) atoms. The largest absolute Gasteiger partial charge is 0.477 e. The van der Waals surface area contributed by atoms with Crippen LogP contribution >= 0.6 is 11.3 Å². The van der Waals surface area contributed by atoms with Gasteiger partial charge >= 0.3 is 12.1 Å². The number of halogens is 3. The van der Waals surface area contributed by atoms with Crippen molar-refractivity contribution < 1.29 is 27.8 Å². The van der Waals surface area contributed by atoms with Crippen LogP contribution in [-0.4, -0.2) is 16.1 Å². The molecule has 0 radical (unpaired) electrons. The topological polar surface area (TPSA) is 59.4 Å². The Hall–Kier alpha value is -2.61. The lowest BCUT2D eigenvalue weighted by atomic mass is 10.2. The molecular formula is C15H8F3NO3S. The predicted octanol–water partition coefficient (Wildman–Crippen LogP) is 4.81. The Morgan fingerprint density at radius 2 is 1.87 bits per heavy atom. The zero-order chi connectivity index (χ0) is 16.6. The molecule has 0 amide bonds. The lowest BCUT2D eigenvalue weighted by Crippen LogP contribution is -2.04. The van der Waals surface area contributed by atoms with Crippen molar-refractivity contribution in [1.82, 2.24) is 4.98 Å². The summed E-state index contributed by atoms with van der Waals surface area (Å²) >= 11 is 1.05. The van der Waals surface area contributed by atoms with Crippen LogP contribution in [0.15, 0.2) is 42.7 Å². The van der Waals surface area contributed by atoms with Gasteiger partial charge in [0.25, 0.3) is 0 Å². The molecule has 0 spiro atoms. The Kier molecular flexibility index (Phi) is 3.69. The third-order valence-corrected chi connectivity index (χ3v) is 4.09. The van der Waals surface area contributed by atoms with Crippen molar-refractivity contribution >= 4 is 27.4 Å². The Balaban J connectivity index is 1.93. The number of pyridine rings is 1. The average Bonchev–Trinajstić information content (AvgIpc) is 2.92. The fourth-order valence-corrected chi connectivity index (χ4v) is 2.85. The summed E-state index contributed by atoms with van der Waals surface area (Å²) in [7, 11) is 0. The minimum Gasteiger partial charge on any atom is -0.477 e. The summed E-state index contributed by atoms with van der Waals surface area (Å²) < 4.78 is 43.7. The number of fused-ring (bicyclic) bond motifs is 1. The van der Waals surface area contributed by atoms with E-state index in [-0.39, 0.29) is 16.4 Å². The van der Waals surface area contributed by atoms with E-state index in [0.717, 1.165) is 23.5 Å². The zero-order valence-electron chi connectivity index (χ0n) is 11.3. The smallest absolute Gasteiger partial charge is 0.416 e. The number of carboxylic acid groups (broad SMARTS) is 1. The number of carboxylic acids is 1. The molecule has 8 heteroatoms. The number of rotatable bonds is 3. The first-order valence-corrected chi connectivity index (χ1v) is 7.12. The van der Waals surface area contributed by atoms with E-state index in [9.17, 15) is 18.0 Å². The molecule has 1 aromatic carbocycles. The van der Waals surface area contributed by atoms with E-state index in [1.165, 1.54) is 30.6 Å². The van der Waals surface area contributed by atoms with E-state index in [1.54, 1.807) is 0 Å². The third kappa shape index (κ3) is 3.11. The highest BCUT2D eigenvalue weighted by atomic mass is 32.1. The number of hydrogen-bond donors (Lipinski definition) is 1. The summed E-state index contributed by atoms with van der Waals surface area (Å²) in [5, 5.41) is 9.56. The second-order valence-corrected chi connectivity index (χ2v) is 5.67. The maximum absolute atomic E-state index is 12.5. The number of carbonyl (C=O) groups is 1. The zero-order valence-corrected chi connectivity index (χ0v) is 12.1. The van der Waals surface area contributed by atoms with Crippen LogP contribution in [0.1, 0.15) is 15.2 Å². The number of nitrogens with zero attached hydrogens (tertiary/aromatic N) is 1. The SMILES string of the molecule is O=C(O)c1cc2c(Oc3ccc(C(F)(F)F)cc3)cncc2s1. The Bertz CT molecular complexity index is 872. The number of thiophene rings is 1.